The molecule has 1 aliphatic rings. The van der Waals surface area contributed by atoms with Crippen molar-refractivity contribution < 1.29 is 0 Å². The van der Waals surface area contributed by atoms with Crippen LogP contribution in [0.15, 0.2) is 35.2 Å². The number of hydrogen-bond acceptors (Lipinski definition) is 3. The van der Waals surface area contributed by atoms with Crippen molar-refractivity contribution in [3.8, 4) is 0 Å². The summed E-state index contributed by atoms with van der Waals surface area (Å²) < 4.78 is 0. The molecule has 0 spiro atoms. The van der Waals surface area contributed by atoms with Crippen LogP contribution in [-0.2, 0) is 0 Å². The van der Waals surface area contributed by atoms with Gasteiger partial charge >= 0.3 is 0 Å². The van der Waals surface area contributed by atoms with E-state index in [1.165, 1.54) is 11.3 Å². The predicted molar refractivity (Wildman–Crippen MR) is 70.4 cm³/mol. The van der Waals surface area contributed by atoms with Crippen LogP contribution in [0.5, 0.6) is 0 Å². The summed E-state index contributed by atoms with van der Waals surface area (Å²) in [6, 6.07) is 10.7. The van der Waals surface area contributed by atoms with E-state index >= 15 is 0 Å². The summed E-state index contributed by atoms with van der Waals surface area (Å²) in [7, 11) is 0. The van der Waals surface area contributed by atoms with E-state index in [1.807, 2.05) is 17.8 Å². The molecule has 0 saturated heterocycles. The maximum absolute atomic E-state index is 6.19. The van der Waals surface area contributed by atoms with Gasteiger partial charge in [0.05, 0.1) is 0 Å². The van der Waals surface area contributed by atoms with Gasteiger partial charge in [0.2, 0.25) is 0 Å². The lowest BCUT2D eigenvalue weighted by atomic mass is 9.84. The molecule has 0 radical (unpaired) electrons. The van der Waals surface area contributed by atoms with Gasteiger partial charge < -0.3 is 11.5 Å². The highest BCUT2D eigenvalue weighted by Gasteiger charge is 2.32. The first-order valence-corrected chi connectivity index (χ1v) is 6.77. The summed E-state index contributed by atoms with van der Waals surface area (Å²) in [5, 5.41) is 0.459. The molecule has 2 nitrogen and oxygen atoms in total. The van der Waals surface area contributed by atoms with Crippen molar-refractivity contribution in [3.05, 3.63) is 30.3 Å². The lowest BCUT2D eigenvalue weighted by Gasteiger charge is -2.36. The van der Waals surface area contributed by atoms with Crippen LogP contribution < -0.4 is 11.5 Å². The van der Waals surface area contributed by atoms with Gasteiger partial charge in [-0.05, 0) is 30.9 Å². The van der Waals surface area contributed by atoms with E-state index in [1.54, 1.807) is 0 Å². The normalized spacial score (nSPS) is 34.9. The van der Waals surface area contributed by atoms with E-state index in [2.05, 4.69) is 31.2 Å². The molecule has 0 aromatic heterocycles. The van der Waals surface area contributed by atoms with Crippen LogP contribution in [0, 0.1) is 5.92 Å². The van der Waals surface area contributed by atoms with Gasteiger partial charge in [0.25, 0.3) is 0 Å². The van der Waals surface area contributed by atoms with Crippen molar-refractivity contribution in [1.29, 1.82) is 0 Å². The van der Waals surface area contributed by atoms with Crippen molar-refractivity contribution in [2.45, 2.75) is 42.0 Å². The zero-order chi connectivity index (χ0) is 11.5. The molecule has 1 aromatic rings. The Kier molecular flexibility index (Phi) is 3.90. The Labute approximate surface area is 102 Å². The Hall–Kier alpha value is -0.510. The van der Waals surface area contributed by atoms with Gasteiger partial charge in [-0.15, -0.1) is 11.8 Å². The van der Waals surface area contributed by atoms with Crippen molar-refractivity contribution in [1.82, 2.24) is 0 Å². The summed E-state index contributed by atoms with van der Waals surface area (Å²) in [4.78, 5) is 1.30. The second kappa shape index (κ2) is 5.21. The zero-order valence-electron chi connectivity index (χ0n) is 9.67. The molecule has 1 fully saturated rings. The molecule has 4 atom stereocenters. The van der Waals surface area contributed by atoms with Gasteiger partial charge in [-0.2, -0.15) is 0 Å². The summed E-state index contributed by atoms with van der Waals surface area (Å²) in [5.74, 6) is 0.691. The standard InChI is InChI=1S/C13H20N2S/c1-9-7-11(14)13(15)12(8-9)16-10-5-3-2-4-6-10/h2-6,9,11-13H,7-8,14-15H2,1H3. The number of thioether (sulfide) groups is 1. The number of nitrogens with two attached hydrogens (primary N) is 2. The fourth-order valence-electron chi connectivity index (χ4n) is 2.35. The third-order valence-corrected chi connectivity index (χ3v) is 4.62. The van der Waals surface area contributed by atoms with Crippen LogP contribution in [0.4, 0.5) is 0 Å². The quantitative estimate of drug-likeness (QED) is 0.828. The van der Waals surface area contributed by atoms with E-state index in [9.17, 15) is 0 Å². The largest absolute Gasteiger partial charge is 0.326 e. The topological polar surface area (TPSA) is 52.0 Å². The smallest absolute Gasteiger partial charge is 0.0316 e. The molecular formula is C13H20N2S. The first kappa shape index (κ1) is 12.0. The molecule has 88 valence electrons. The second-order valence-electron chi connectivity index (χ2n) is 4.79. The highest BCUT2D eigenvalue weighted by molar-refractivity contribution is 8.00. The minimum atomic E-state index is 0.126. The van der Waals surface area contributed by atoms with E-state index in [0.717, 1.165) is 6.42 Å². The molecule has 1 saturated carbocycles. The fourth-order valence-corrected chi connectivity index (χ4v) is 3.80. The number of rotatable bonds is 2. The van der Waals surface area contributed by atoms with Gasteiger partial charge in [0, 0.05) is 22.2 Å². The van der Waals surface area contributed by atoms with Crippen molar-refractivity contribution in [3.63, 3.8) is 0 Å². The third-order valence-electron chi connectivity index (χ3n) is 3.26. The van der Waals surface area contributed by atoms with Crippen LogP contribution in [-0.4, -0.2) is 17.3 Å². The van der Waals surface area contributed by atoms with Gasteiger partial charge in [0.1, 0.15) is 0 Å². The summed E-state index contributed by atoms with van der Waals surface area (Å²) in [6.45, 7) is 2.27. The van der Waals surface area contributed by atoms with E-state index in [4.69, 9.17) is 11.5 Å². The molecule has 0 bridgehead atoms. The molecule has 1 aromatic carbocycles. The summed E-state index contributed by atoms with van der Waals surface area (Å²) >= 11 is 1.88. The van der Waals surface area contributed by atoms with Crippen LogP contribution in [0.2, 0.25) is 0 Å². The molecule has 3 heteroatoms. The average Bonchev–Trinajstić information content (AvgIpc) is 2.27. The predicted octanol–water partition coefficient (Wildman–Crippen LogP) is 2.23. The molecule has 4 N–H and O–H groups in total. The first-order chi connectivity index (χ1) is 7.66. The SMILES string of the molecule is CC1CC(N)C(N)C(Sc2ccccc2)C1. The average molecular weight is 236 g/mol. The molecule has 16 heavy (non-hydrogen) atoms. The Morgan fingerprint density at radius 1 is 1.12 bits per heavy atom. The van der Waals surface area contributed by atoms with E-state index in [0.29, 0.717) is 11.2 Å². The van der Waals surface area contributed by atoms with Crippen LogP contribution in [0.1, 0.15) is 19.8 Å². The fraction of sp³-hybridized carbons (Fsp3) is 0.538. The van der Waals surface area contributed by atoms with Gasteiger partial charge in [-0.1, -0.05) is 25.1 Å². The van der Waals surface area contributed by atoms with Crippen molar-refractivity contribution in [2.75, 3.05) is 0 Å². The molecule has 0 amide bonds. The second-order valence-corrected chi connectivity index (χ2v) is 6.10. The maximum atomic E-state index is 6.19. The van der Waals surface area contributed by atoms with Gasteiger partial charge in [-0.25, -0.2) is 0 Å². The van der Waals surface area contributed by atoms with Crippen molar-refractivity contribution in [2.24, 2.45) is 17.4 Å². The lowest BCUT2D eigenvalue weighted by Crippen LogP contribution is -2.52. The third kappa shape index (κ3) is 2.78. The molecule has 1 aliphatic carbocycles. The van der Waals surface area contributed by atoms with E-state index < -0.39 is 0 Å². The van der Waals surface area contributed by atoms with E-state index in [-0.39, 0.29) is 12.1 Å². The Morgan fingerprint density at radius 3 is 2.50 bits per heavy atom. The zero-order valence-corrected chi connectivity index (χ0v) is 10.5. The minimum absolute atomic E-state index is 0.126. The summed E-state index contributed by atoms with van der Waals surface area (Å²) in [5.41, 5.74) is 12.3. The lowest BCUT2D eigenvalue weighted by molar-refractivity contribution is 0.315. The van der Waals surface area contributed by atoms with Gasteiger partial charge in [-0.3, -0.25) is 0 Å². The molecule has 2 rings (SSSR count). The van der Waals surface area contributed by atoms with Crippen molar-refractivity contribution >= 4 is 11.8 Å². The minimum Gasteiger partial charge on any atom is -0.326 e. The molecular weight excluding hydrogens is 216 g/mol. The highest BCUT2D eigenvalue weighted by atomic mass is 32.2. The van der Waals surface area contributed by atoms with Gasteiger partial charge in [0.15, 0.2) is 0 Å². The maximum Gasteiger partial charge on any atom is 0.0316 e. The Bertz CT molecular complexity index is 328. The highest BCUT2D eigenvalue weighted by Crippen LogP contribution is 2.34. The molecule has 0 aliphatic heterocycles. The number of hydrogen-bond donors (Lipinski definition) is 2. The van der Waals surface area contributed by atoms with Crippen LogP contribution in [0.25, 0.3) is 0 Å². The van der Waals surface area contributed by atoms with Crippen LogP contribution >= 0.6 is 11.8 Å². The Balaban J connectivity index is 2.03. The first-order valence-electron chi connectivity index (χ1n) is 5.89. The monoisotopic (exact) mass is 236 g/mol. The van der Waals surface area contributed by atoms with Crippen LogP contribution in [0.3, 0.4) is 0 Å². The number of benzene rings is 1. The molecule has 0 heterocycles. The summed E-state index contributed by atoms with van der Waals surface area (Å²) in [6.07, 6.45) is 2.24. The Morgan fingerprint density at radius 2 is 1.81 bits per heavy atom. The molecule has 4 unspecified atom stereocenters.